The molecule has 0 aromatic carbocycles. The second-order valence-electron chi connectivity index (χ2n) is 1.47. The minimum atomic E-state index is -0.396. The molecular weight excluding hydrogens is 122 g/mol. The maximum absolute atomic E-state index is 10.5. The molecule has 0 fully saturated rings. The summed E-state index contributed by atoms with van der Waals surface area (Å²) in [5, 5.41) is 17.0. The molecular formula is C4H5N3O2. The molecule has 0 unspecified atom stereocenters. The van der Waals surface area contributed by atoms with Crippen LogP contribution in [0.15, 0.2) is 11.0 Å². The second-order valence-corrected chi connectivity index (χ2v) is 1.47. The van der Waals surface area contributed by atoms with Gasteiger partial charge >= 0.3 is 0 Å². The van der Waals surface area contributed by atoms with E-state index in [1.165, 1.54) is 6.20 Å². The number of rotatable bonds is 1. The normalized spacial score (nSPS) is 9.44. The average molecular weight is 127 g/mol. The number of aromatic amines is 1. The van der Waals surface area contributed by atoms with Crippen LogP contribution in [0.25, 0.3) is 0 Å². The van der Waals surface area contributed by atoms with Crippen molar-refractivity contribution in [2.75, 3.05) is 0 Å². The van der Waals surface area contributed by atoms with E-state index >= 15 is 0 Å². The van der Waals surface area contributed by atoms with E-state index in [9.17, 15) is 4.79 Å². The van der Waals surface area contributed by atoms with Crippen molar-refractivity contribution in [3.05, 3.63) is 22.1 Å². The van der Waals surface area contributed by atoms with Gasteiger partial charge in [0.2, 0.25) is 0 Å². The minimum absolute atomic E-state index is 0.227. The summed E-state index contributed by atoms with van der Waals surface area (Å²) in [6.45, 7) is -0.301. The summed E-state index contributed by atoms with van der Waals surface area (Å²) >= 11 is 0. The Morgan fingerprint density at radius 2 is 2.56 bits per heavy atom. The highest BCUT2D eigenvalue weighted by Crippen LogP contribution is 1.79. The predicted molar refractivity (Wildman–Crippen MR) is 28.6 cm³/mol. The monoisotopic (exact) mass is 127 g/mol. The Labute approximate surface area is 50.3 Å². The zero-order valence-corrected chi connectivity index (χ0v) is 4.53. The van der Waals surface area contributed by atoms with Gasteiger partial charge in [0, 0.05) is 0 Å². The van der Waals surface area contributed by atoms with E-state index in [4.69, 9.17) is 5.11 Å². The molecule has 1 aromatic rings. The van der Waals surface area contributed by atoms with Crippen LogP contribution in [0.1, 0.15) is 5.56 Å². The molecule has 9 heavy (non-hydrogen) atoms. The molecule has 0 atom stereocenters. The predicted octanol–water partition coefficient (Wildman–Crippen LogP) is -1.34. The Bertz CT molecular complexity index is 244. The number of nitrogens with one attached hydrogen (secondary N) is 1. The molecule has 2 N–H and O–H groups in total. The lowest BCUT2D eigenvalue weighted by Crippen LogP contribution is -2.14. The van der Waals surface area contributed by atoms with Crippen LogP contribution in [-0.2, 0) is 6.61 Å². The first-order valence-electron chi connectivity index (χ1n) is 2.34. The highest BCUT2D eigenvalue weighted by Gasteiger charge is 1.93. The van der Waals surface area contributed by atoms with Crippen molar-refractivity contribution >= 4 is 0 Å². The van der Waals surface area contributed by atoms with Crippen LogP contribution in [-0.4, -0.2) is 20.5 Å². The fourth-order valence-electron chi connectivity index (χ4n) is 0.416. The van der Waals surface area contributed by atoms with E-state index in [0.29, 0.717) is 0 Å². The van der Waals surface area contributed by atoms with Gasteiger partial charge in [0.05, 0.1) is 18.4 Å². The minimum Gasteiger partial charge on any atom is -0.391 e. The Morgan fingerprint density at radius 1 is 1.78 bits per heavy atom. The number of nitrogens with zero attached hydrogens (tertiary/aromatic N) is 2. The summed E-state index contributed by atoms with van der Waals surface area (Å²) < 4.78 is 0. The van der Waals surface area contributed by atoms with Crippen molar-refractivity contribution in [2.45, 2.75) is 6.61 Å². The Morgan fingerprint density at radius 3 is 3.00 bits per heavy atom. The molecule has 0 saturated heterocycles. The summed E-state index contributed by atoms with van der Waals surface area (Å²) in [5.74, 6) is 0. The fourth-order valence-corrected chi connectivity index (χ4v) is 0.416. The molecule has 0 radical (unpaired) electrons. The highest BCUT2D eigenvalue weighted by molar-refractivity contribution is 4.98. The fraction of sp³-hybridized carbons (Fsp3) is 0.250. The molecule has 1 rings (SSSR count). The zero-order chi connectivity index (χ0) is 6.69. The van der Waals surface area contributed by atoms with E-state index < -0.39 is 5.56 Å². The molecule has 0 amide bonds. The maximum atomic E-state index is 10.5. The third-order valence-corrected chi connectivity index (χ3v) is 0.885. The van der Waals surface area contributed by atoms with Crippen LogP contribution in [0, 0.1) is 0 Å². The third kappa shape index (κ3) is 1.11. The SMILES string of the molecule is O=c1[nH]nncc1CO. The second kappa shape index (κ2) is 2.36. The molecule has 1 heterocycles. The first-order chi connectivity index (χ1) is 4.34. The highest BCUT2D eigenvalue weighted by atomic mass is 16.3. The number of hydrogen-bond donors (Lipinski definition) is 2. The molecule has 48 valence electrons. The maximum Gasteiger partial charge on any atom is 0.272 e. The van der Waals surface area contributed by atoms with Gasteiger partial charge in [-0.05, 0) is 0 Å². The summed E-state index contributed by atoms with van der Waals surface area (Å²) in [6.07, 6.45) is 1.22. The van der Waals surface area contributed by atoms with Crippen LogP contribution in [0.2, 0.25) is 0 Å². The molecule has 0 saturated carbocycles. The van der Waals surface area contributed by atoms with Crippen molar-refractivity contribution in [1.82, 2.24) is 15.4 Å². The van der Waals surface area contributed by atoms with Crippen molar-refractivity contribution < 1.29 is 5.11 Å². The van der Waals surface area contributed by atoms with Gasteiger partial charge in [-0.15, -0.1) is 5.10 Å². The van der Waals surface area contributed by atoms with Crippen LogP contribution >= 0.6 is 0 Å². The first-order valence-corrected chi connectivity index (χ1v) is 2.34. The summed E-state index contributed by atoms with van der Waals surface area (Å²) in [5.41, 5.74) is -0.169. The molecule has 0 aliphatic heterocycles. The van der Waals surface area contributed by atoms with Gasteiger partial charge in [-0.2, -0.15) is 0 Å². The van der Waals surface area contributed by atoms with E-state index in [-0.39, 0.29) is 12.2 Å². The molecule has 5 nitrogen and oxygen atoms in total. The van der Waals surface area contributed by atoms with Crippen LogP contribution in [0.4, 0.5) is 0 Å². The molecule has 0 aliphatic carbocycles. The largest absolute Gasteiger partial charge is 0.391 e. The van der Waals surface area contributed by atoms with Crippen molar-refractivity contribution in [3.8, 4) is 0 Å². The molecule has 0 aliphatic rings. The number of hydrogen-bond acceptors (Lipinski definition) is 4. The number of aliphatic hydroxyl groups is 1. The molecule has 0 bridgehead atoms. The van der Waals surface area contributed by atoms with Crippen molar-refractivity contribution in [2.24, 2.45) is 0 Å². The first kappa shape index (κ1) is 5.90. The smallest absolute Gasteiger partial charge is 0.272 e. The van der Waals surface area contributed by atoms with Gasteiger partial charge in [0.1, 0.15) is 0 Å². The van der Waals surface area contributed by atoms with Gasteiger partial charge in [0.25, 0.3) is 5.56 Å². The van der Waals surface area contributed by atoms with Crippen LogP contribution in [0.5, 0.6) is 0 Å². The third-order valence-electron chi connectivity index (χ3n) is 0.885. The lowest BCUT2D eigenvalue weighted by atomic mass is 10.4. The van der Waals surface area contributed by atoms with Gasteiger partial charge in [-0.1, -0.05) is 5.21 Å². The summed E-state index contributed by atoms with van der Waals surface area (Å²) in [6, 6.07) is 0. The number of aromatic nitrogens is 3. The van der Waals surface area contributed by atoms with Crippen molar-refractivity contribution in [3.63, 3.8) is 0 Å². The van der Waals surface area contributed by atoms with E-state index in [1.54, 1.807) is 0 Å². The van der Waals surface area contributed by atoms with Gasteiger partial charge in [-0.3, -0.25) is 4.79 Å². The Balaban J connectivity index is 3.16. The molecule has 1 aromatic heterocycles. The Kier molecular flexibility index (Phi) is 1.55. The standard InChI is InChI=1S/C4H5N3O2/c8-2-3-1-5-7-6-4(3)9/h1,8H,2H2,(H,5,6,9). The molecule has 5 heteroatoms. The number of H-pyrrole nitrogens is 1. The zero-order valence-electron chi connectivity index (χ0n) is 4.53. The summed E-state index contributed by atoms with van der Waals surface area (Å²) in [4.78, 5) is 10.5. The Hall–Kier alpha value is -1.23. The van der Waals surface area contributed by atoms with Gasteiger partial charge in [-0.25, -0.2) is 5.10 Å². The lowest BCUT2D eigenvalue weighted by molar-refractivity contribution is 0.279. The van der Waals surface area contributed by atoms with Gasteiger partial charge < -0.3 is 5.11 Å². The van der Waals surface area contributed by atoms with Crippen LogP contribution in [0.3, 0.4) is 0 Å². The lowest BCUT2D eigenvalue weighted by Gasteiger charge is -1.87. The topological polar surface area (TPSA) is 78.9 Å². The van der Waals surface area contributed by atoms with Gasteiger partial charge in [0.15, 0.2) is 0 Å². The van der Waals surface area contributed by atoms with Crippen molar-refractivity contribution in [1.29, 1.82) is 0 Å². The van der Waals surface area contributed by atoms with E-state index in [1.807, 2.05) is 0 Å². The quantitative estimate of drug-likeness (QED) is 0.489. The van der Waals surface area contributed by atoms with E-state index in [2.05, 4.69) is 15.4 Å². The van der Waals surface area contributed by atoms with Crippen LogP contribution < -0.4 is 5.56 Å². The average Bonchev–Trinajstić information content (AvgIpc) is 1.89. The summed E-state index contributed by atoms with van der Waals surface area (Å²) in [7, 11) is 0. The van der Waals surface area contributed by atoms with E-state index in [0.717, 1.165) is 0 Å². The molecule has 0 spiro atoms. The number of aliphatic hydroxyl groups excluding tert-OH is 1.